The van der Waals surface area contributed by atoms with Gasteiger partial charge in [-0.1, -0.05) is 24.3 Å². The summed E-state index contributed by atoms with van der Waals surface area (Å²) in [6.07, 6.45) is 3.72. The lowest BCUT2D eigenvalue weighted by Crippen LogP contribution is -2.37. The minimum atomic E-state index is -0.845. The molecular weight excluding hydrogens is 472 g/mol. The maximum Gasteiger partial charge on any atom is 0.280 e. The van der Waals surface area contributed by atoms with Gasteiger partial charge in [0.1, 0.15) is 16.9 Å². The van der Waals surface area contributed by atoms with Gasteiger partial charge in [-0.15, -0.1) is 0 Å². The third-order valence-corrected chi connectivity index (χ3v) is 6.38. The van der Waals surface area contributed by atoms with Gasteiger partial charge in [-0.2, -0.15) is 10.2 Å². The summed E-state index contributed by atoms with van der Waals surface area (Å²) < 4.78 is 15.6. The number of aryl methyl sites for hydroxylation is 1. The van der Waals surface area contributed by atoms with E-state index in [2.05, 4.69) is 10.4 Å². The summed E-state index contributed by atoms with van der Waals surface area (Å²) in [5.74, 6) is 1.58. The topological polar surface area (TPSA) is 105 Å². The molecule has 0 aliphatic carbocycles. The van der Waals surface area contributed by atoms with Gasteiger partial charge in [0, 0.05) is 18.9 Å². The number of carbonyl (C=O) groups is 1. The Morgan fingerprint density at radius 2 is 1.78 bits per heavy atom. The molecule has 37 heavy (non-hydrogen) atoms. The Labute approximate surface area is 211 Å². The van der Waals surface area contributed by atoms with Crippen molar-refractivity contribution in [1.82, 2.24) is 29.4 Å². The molecule has 0 saturated carbocycles. The molecule has 0 radical (unpaired) electrons. The average molecular weight is 497 g/mol. The van der Waals surface area contributed by atoms with Gasteiger partial charge in [-0.3, -0.25) is 9.59 Å². The van der Waals surface area contributed by atoms with Crippen LogP contribution in [-0.4, -0.2) is 36.8 Å². The molecule has 0 bridgehead atoms. The molecule has 1 N–H and O–H groups in total. The molecule has 1 amide bonds. The molecule has 0 saturated heterocycles. The highest BCUT2D eigenvalue weighted by atomic mass is 16.7. The zero-order chi connectivity index (χ0) is 25.5. The van der Waals surface area contributed by atoms with E-state index in [9.17, 15) is 9.59 Å². The van der Waals surface area contributed by atoms with Crippen LogP contribution in [0.1, 0.15) is 24.2 Å². The van der Waals surface area contributed by atoms with Crippen molar-refractivity contribution in [3.05, 3.63) is 94.7 Å². The van der Waals surface area contributed by atoms with Crippen LogP contribution in [0.2, 0.25) is 0 Å². The summed E-state index contributed by atoms with van der Waals surface area (Å²) in [6.45, 7) is 3.91. The Kier molecular flexibility index (Phi) is 5.48. The summed E-state index contributed by atoms with van der Waals surface area (Å²) in [4.78, 5) is 26.9. The van der Waals surface area contributed by atoms with Crippen LogP contribution in [0.3, 0.4) is 0 Å². The quantitative estimate of drug-likeness (QED) is 0.387. The van der Waals surface area contributed by atoms with Crippen molar-refractivity contribution >= 4 is 16.8 Å². The third-order valence-electron chi connectivity index (χ3n) is 6.38. The summed E-state index contributed by atoms with van der Waals surface area (Å²) in [5, 5.41) is 12.5. The zero-order valence-corrected chi connectivity index (χ0v) is 20.3. The smallest absolute Gasteiger partial charge is 0.280 e. The normalized spacial score (nSPS) is 13.1. The lowest BCUT2D eigenvalue weighted by Gasteiger charge is -2.15. The van der Waals surface area contributed by atoms with Gasteiger partial charge in [0.2, 0.25) is 12.7 Å². The summed E-state index contributed by atoms with van der Waals surface area (Å²) in [6, 6.07) is 18.0. The van der Waals surface area contributed by atoms with E-state index in [1.54, 1.807) is 18.5 Å². The van der Waals surface area contributed by atoms with Crippen molar-refractivity contribution < 1.29 is 14.3 Å². The molecule has 2 aromatic carbocycles. The number of para-hydroxylation sites is 1. The molecule has 6 rings (SSSR count). The minimum Gasteiger partial charge on any atom is -0.454 e. The SMILES string of the molecule is Cc1nn([C@H](C)C(=O)NCc2ccc3c(c2)OCO3)c(=O)c2c(-n3cccc3)n(-c3ccccc3)nc12. The van der Waals surface area contributed by atoms with E-state index in [0.29, 0.717) is 33.9 Å². The largest absolute Gasteiger partial charge is 0.454 e. The number of rotatable bonds is 6. The van der Waals surface area contributed by atoms with Crippen molar-refractivity contribution in [3.8, 4) is 23.0 Å². The fraction of sp³-hybridized carbons (Fsp3) is 0.185. The monoisotopic (exact) mass is 496 g/mol. The first kappa shape index (κ1) is 22.6. The first-order valence-electron chi connectivity index (χ1n) is 11.9. The molecule has 10 nitrogen and oxygen atoms in total. The van der Waals surface area contributed by atoms with Crippen LogP contribution in [0.5, 0.6) is 11.5 Å². The van der Waals surface area contributed by atoms with Crippen molar-refractivity contribution in [3.63, 3.8) is 0 Å². The molecule has 1 aliphatic heterocycles. The summed E-state index contributed by atoms with van der Waals surface area (Å²) in [5.41, 5.74) is 2.31. The first-order valence-corrected chi connectivity index (χ1v) is 11.9. The number of nitrogens with one attached hydrogen (secondary N) is 1. The minimum absolute atomic E-state index is 0.185. The zero-order valence-electron chi connectivity index (χ0n) is 20.3. The Morgan fingerprint density at radius 1 is 1.03 bits per heavy atom. The Balaban J connectivity index is 1.37. The van der Waals surface area contributed by atoms with Gasteiger partial charge in [0.25, 0.3) is 5.56 Å². The maximum absolute atomic E-state index is 13.8. The Hall–Kier alpha value is -4.86. The fourth-order valence-electron chi connectivity index (χ4n) is 4.45. The van der Waals surface area contributed by atoms with Crippen LogP contribution in [0.15, 0.2) is 77.9 Å². The predicted octanol–water partition coefficient (Wildman–Crippen LogP) is 3.29. The highest BCUT2D eigenvalue weighted by molar-refractivity contribution is 5.88. The molecule has 10 heteroatoms. The highest BCUT2D eigenvalue weighted by Gasteiger charge is 2.25. The standard InChI is InChI=1S/C27H24N6O4/c1-17-24-23(26(31-12-6-7-13-31)33(30-24)20-8-4-3-5-9-20)27(35)32(29-17)18(2)25(34)28-15-19-10-11-21-22(14-19)37-16-36-21/h3-14,18H,15-16H2,1-2H3,(H,28,34)/t18-/m1/s1. The molecule has 5 aromatic rings. The van der Waals surface area contributed by atoms with E-state index in [4.69, 9.17) is 14.6 Å². The number of ether oxygens (including phenoxy) is 2. The number of amides is 1. The van der Waals surface area contributed by atoms with Gasteiger partial charge in [0.05, 0.1) is 11.4 Å². The molecular formula is C27H24N6O4. The second-order valence-electron chi connectivity index (χ2n) is 8.80. The number of nitrogens with zero attached hydrogens (tertiary/aromatic N) is 5. The second kappa shape index (κ2) is 8.98. The first-order chi connectivity index (χ1) is 18.0. The number of aromatic nitrogens is 5. The van der Waals surface area contributed by atoms with Gasteiger partial charge < -0.3 is 19.4 Å². The number of carbonyl (C=O) groups excluding carboxylic acids is 1. The molecule has 4 heterocycles. The van der Waals surface area contributed by atoms with E-state index >= 15 is 0 Å². The number of hydrogen-bond donors (Lipinski definition) is 1. The van der Waals surface area contributed by atoms with Crippen molar-refractivity contribution in [2.24, 2.45) is 0 Å². The van der Waals surface area contributed by atoms with E-state index in [1.165, 1.54) is 4.68 Å². The van der Waals surface area contributed by atoms with E-state index in [0.717, 1.165) is 11.3 Å². The molecule has 186 valence electrons. The summed E-state index contributed by atoms with van der Waals surface area (Å²) >= 11 is 0. The van der Waals surface area contributed by atoms with Crippen LogP contribution in [0, 0.1) is 6.92 Å². The van der Waals surface area contributed by atoms with Gasteiger partial charge in [0.15, 0.2) is 17.3 Å². The van der Waals surface area contributed by atoms with Crippen molar-refractivity contribution in [2.75, 3.05) is 6.79 Å². The molecule has 1 aliphatic rings. The van der Waals surface area contributed by atoms with Crippen LogP contribution >= 0.6 is 0 Å². The summed E-state index contributed by atoms with van der Waals surface area (Å²) in [7, 11) is 0. The second-order valence-corrected chi connectivity index (χ2v) is 8.80. The molecule has 0 spiro atoms. The number of hydrogen-bond acceptors (Lipinski definition) is 6. The van der Waals surface area contributed by atoms with E-state index < -0.39 is 11.6 Å². The third kappa shape index (κ3) is 3.92. The predicted molar refractivity (Wildman–Crippen MR) is 136 cm³/mol. The molecule has 1 atom stereocenters. The molecule has 0 unspecified atom stereocenters. The van der Waals surface area contributed by atoms with E-state index in [-0.39, 0.29) is 19.2 Å². The molecule has 3 aromatic heterocycles. The van der Waals surface area contributed by atoms with Crippen molar-refractivity contribution in [2.45, 2.75) is 26.4 Å². The lowest BCUT2D eigenvalue weighted by atomic mass is 10.2. The average Bonchev–Trinajstić information content (AvgIpc) is 3.68. The fourth-order valence-corrected chi connectivity index (χ4v) is 4.45. The number of fused-ring (bicyclic) bond motifs is 2. The Bertz CT molecular complexity index is 1670. The molecule has 0 fully saturated rings. The van der Waals surface area contributed by atoms with E-state index in [1.807, 2.05) is 77.6 Å². The van der Waals surface area contributed by atoms with Crippen molar-refractivity contribution in [1.29, 1.82) is 0 Å². The van der Waals surface area contributed by atoms with Gasteiger partial charge >= 0.3 is 0 Å². The lowest BCUT2D eigenvalue weighted by molar-refractivity contribution is -0.124. The highest BCUT2D eigenvalue weighted by Crippen LogP contribution is 2.32. The van der Waals surface area contributed by atoms with Crippen LogP contribution in [0.4, 0.5) is 0 Å². The van der Waals surface area contributed by atoms with Crippen LogP contribution < -0.4 is 20.3 Å². The van der Waals surface area contributed by atoms with Crippen LogP contribution in [0.25, 0.3) is 22.4 Å². The van der Waals surface area contributed by atoms with Crippen LogP contribution in [-0.2, 0) is 11.3 Å². The van der Waals surface area contributed by atoms with Gasteiger partial charge in [-0.05, 0) is 55.8 Å². The Morgan fingerprint density at radius 3 is 2.57 bits per heavy atom. The number of benzene rings is 2. The maximum atomic E-state index is 13.8. The van der Waals surface area contributed by atoms with Gasteiger partial charge in [-0.25, -0.2) is 9.36 Å².